The molecule has 0 heterocycles. The molecule has 2 nitrogen and oxygen atoms in total. The first kappa shape index (κ1) is 10.1. The van der Waals surface area contributed by atoms with E-state index in [1.165, 1.54) is 0 Å². The summed E-state index contributed by atoms with van der Waals surface area (Å²) in [5, 5.41) is 9.51. The van der Waals surface area contributed by atoms with Crippen molar-refractivity contribution in [2.24, 2.45) is 11.7 Å². The van der Waals surface area contributed by atoms with Gasteiger partial charge in [0.2, 0.25) is 0 Å². The summed E-state index contributed by atoms with van der Waals surface area (Å²) in [6.07, 6.45) is 0.900. The van der Waals surface area contributed by atoms with E-state index in [4.69, 9.17) is 5.73 Å². The molecule has 0 fully saturated rings. The van der Waals surface area contributed by atoms with E-state index in [1.54, 1.807) is 12.1 Å². The van der Waals surface area contributed by atoms with Crippen LogP contribution in [-0.2, 0) is 0 Å². The lowest BCUT2D eigenvalue weighted by Gasteiger charge is -2.15. The molecule has 0 bridgehead atoms. The molecule has 0 saturated heterocycles. The van der Waals surface area contributed by atoms with Gasteiger partial charge in [0, 0.05) is 11.6 Å². The highest BCUT2D eigenvalue weighted by molar-refractivity contribution is 5.34. The summed E-state index contributed by atoms with van der Waals surface area (Å²) in [4.78, 5) is 0. The predicted octanol–water partition coefficient (Wildman–Crippen LogP) is 2.44. The van der Waals surface area contributed by atoms with Crippen molar-refractivity contribution in [1.82, 2.24) is 0 Å². The van der Waals surface area contributed by atoms with Crippen LogP contribution in [0.3, 0.4) is 0 Å². The van der Waals surface area contributed by atoms with Crippen molar-refractivity contribution >= 4 is 0 Å². The van der Waals surface area contributed by atoms with Crippen LogP contribution >= 0.6 is 0 Å². The largest absolute Gasteiger partial charge is 0.508 e. The van der Waals surface area contributed by atoms with E-state index < -0.39 is 0 Å². The highest BCUT2D eigenvalue weighted by Gasteiger charge is 2.11. The van der Waals surface area contributed by atoms with E-state index in [0.717, 1.165) is 12.0 Å². The Morgan fingerprint density at radius 3 is 2.46 bits per heavy atom. The third-order valence-electron chi connectivity index (χ3n) is 2.06. The predicted molar refractivity (Wildman–Crippen MR) is 54.5 cm³/mol. The second-order valence-electron chi connectivity index (χ2n) is 3.79. The second-order valence-corrected chi connectivity index (χ2v) is 3.79. The molecule has 3 N–H and O–H groups in total. The molecule has 0 amide bonds. The third-order valence-corrected chi connectivity index (χ3v) is 2.06. The SMILES string of the molecule is CC(C)CC(N)c1ccccc1O. The van der Waals surface area contributed by atoms with Crippen molar-refractivity contribution in [2.45, 2.75) is 26.3 Å². The summed E-state index contributed by atoms with van der Waals surface area (Å²) in [6, 6.07) is 7.20. The maximum Gasteiger partial charge on any atom is 0.120 e. The van der Waals surface area contributed by atoms with Crippen LogP contribution in [-0.4, -0.2) is 5.11 Å². The topological polar surface area (TPSA) is 46.2 Å². The van der Waals surface area contributed by atoms with Gasteiger partial charge in [0.25, 0.3) is 0 Å². The van der Waals surface area contributed by atoms with Crippen LogP contribution in [0.4, 0.5) is 0 Å². The van der Waals surface area contributed by atoms with Crippen molar-refractivity contribution in [3.05, 3.63) is 29.8 Å². The molecular weight excluding hydrogens is 162 g/mol. The van der Waals surface area contributed by atoms with E-state index in [2.05, 4.69) is 13.8 Å². The lowest BCUT2D eigenvalue weighted by molar-refractivity contribution is 0.445. The molecule has 0 spiro atoms. The maximum atomic E-state index is 9.51. The molecule has 13 heavy (non-hydrogen) atoms. The molecule has 0 aliphatic rings. The maximum absolute atomic E-state index is 9.51. The van der Waals surface area contributed by atoms with Crippen LogP contribution in [0.15, 0.2) is 24.3 Å². The van der Waals surface area contributed by atoms with Crippen LogP contribution < -0.4 is 5.73 Å². The van der Waals surface area contributed by atoms with Crippen LogP contribution in [0, 0.1) is 5.92 Å². The molecule has 1 atom stereocenters. The summed E-state index contributed by atoms with van der Waals surface area (Å²) < 4.78 is 0. The van der Waals surface area contributed by atoms with Gasteiger partial charge in [-0.2, -0.15) is 0 Å². The minimum absolute atomic E-state index is 0.0544. The normalized spacial score (nSPS) is 13.2. The number of rotatable bonds is 3. The first-order chi connectivity index (χ1) is 6.11. The van der Waals surface area contributed by atoms with Gasteiger partial charge in [-0.15, -0.1) is 0 Å². The Hall–Kier alpha value is -1.02. The van der Waals surface area contributed by atoms with Gasteiger partial charge in [0.1, 0.15) is 5.75 Å². The van der Waals surface area contributed by atoms with Crippen molar-refractivity contribution in [3.8, 4) is 5.75 Å². The lowest BCUT2D eigenvalue weighted by atomic mass is 9.97. The average Bonchev–Trinajstić information content (AvgIpc) is 2.03. The number of nitrogens with two attached hydrogens (primary N) is 1. The quantitative estimate of drug-likeness (QED) is 0.748. The van der Waals surface area contributed by atoms with Gasteiger partial charge in [0.15, 0.2) is 0 Å². The standard InChI is InChI=1S/C11H17NO/c1-8(2)7-10(12)9-5-3-4-6-11(9)13/h3-6,8,10,13H,7,12H2,1-2H3. The molecule has 0 saturated carbocycles. The summed E-state index contributed by atoms with van der Waals surface area (Å²) in [5.74, 6) is 0.852. The molecule has 0 aliphatic heterocycles. The number of phenols is 1. The third kappa shape index (κ3) is 2.74. The molecule has 0 aromatic heterocycles. The van der Waals surface area contributed by atoms with Gasteiger partial charge in [0.05, 0.1) is 0 Å². The van der Waals surface area contributed by atoms with Gasteiger partial charge in [-0.3, -0.25) is 0 Å². The van der Waals surface area contributed by atoms with Crippen LogP contribution in [0.2, 0.25) is 0 Å². The van der Waals surface area contributed by atoms with Crippen molar-refractivity contribution in [1.29, 1.82) is 0 Å². The van der Waals surface area contributed by atoms with Gasteiger partial charge < -0.3 is 10.8 Å². The van der Waals surface area contributed by atoms with Crippen molar-refractivity contribution < 1.29 is 5.11 Å². The van der Waals surface area contributed by atoms with E-state index in [1.807, 2.05) is 12.1 Å². The molecule has 0 radical (unpaired) electrons. The highest BCUT2D eigenvalue weighted by Crippen LogP contribution is 2.26. The van der Waals surface area contributed by atoms with Gasteiger partial charge in [-0.05, 0) is 18.4 Å². The molecule has 1 aromatic rings. The molecule has 72 valence electrons. The monoisotopic (exact) mass is 179 g/mol. The summed E-state index contributed by atoms with van der Waals surface area (Å²) in [5.41, 5.74) is 6.78. The smallest absolute Gasteiger partial charge is 0.120 e. The summed E-state index contributed by atoms with van der Waals surface area (Å²) in [6.45, 7) is 4.25. The minimum atomic E-state index is -0.0544. The van der Waals surface area contributed by atoms with Crippen molar-refractivity contribution in [2.75, 3.05) is 0 Å². The van der Waals surface area contributed by atoms with Crippen LogP contribution in [0.5, 0.6) is 5.75 Å². The average molecular weight is 179 g/mol. The number of benzene rings is 1. The second kappa shape index (κ2) is 4.28. The Balaban J connectivity index is 2.76. The van der Waals surface area contributed by atoms with E-state index in [-0.39, 0.29) is 6.04 Å². The summed E-state index contributed by atoms with van der Waals surface area (Å²) in [7, 11) is 0. The van der Waals surface area contributed by atoms with Crippen molar-refractivity contribution in [3.63, 3.8) is 0 Å². The number of hydrogen-bond acceptors (Lipinski definition) is 2. The Bertz CT molecular complexity index is 271. The zero-order valence-corrected chi connectivity index (χ0v) is 8.20. The van der Waals surface area contributed by atoms with Crippen LogP contribution in [0.1, 0.15) is 31.9 Å². The minimum Gasteiger partial charge on any atom is -0.508 e. The van der Waals surface area contributed by atoms with Gasteiger partial charge in [-0.25, -0.2) is 0 Å². The Morgan fingerprint density at radius 2 is 1.92 bits per heavy atom. The fourth-order valence-electron chi connectivity index (χ4n) is 1.44. The lowest BCUT2D eigenvalue weighted by Crippen LogP contribution is -2.12. The van der Waals surface area contributed by atoms with E-state index >= 15 is 0 Å². The molecule has 1 unspecified atom stereocenters. The number of hydrogen-bond donors (Lipinski definition) is 2. The Labute approximate surface area is 79.4 Å². The number of phenolic OH excluding ortho intramolecular Hbond substituents is 1. The van der Waals surface area contributed by atoms with Gasteiger partial charge >= 0.3 is 0 Å². The molecular formula is C11H17NO. The summed E-state index contributed by atoms with van der Waals surface area (Å²) >= 11 is 0. The zero-order valence-electron chi connectivity index (χ0n) is 8.20. The molecule has 1 aromatic carbocycles. The first-order valence-electron chi connectivity index (χ1n) is 4.64. The number of aromatic hydroxyl groups is 1. The Kier molecular flexibility index (Phi) is 3.32. The molecule has 2 heteroatoms. The van der Waals surface area contributed by atoms with Crippen LogP contribution in [0.25, 0.3) is 0 Å². The van der Waals surface area contributed by atoms with E-state index in [9.17, 15) is 5.11 Å². The fraction of sp³-hybridized carbons (Fsp3) is 0.455. The van der Waals surface area contributed by atoms with E-state index in [0.29, 0.717) is 11.7 Å². The molecule has 0 aliphatic carbocycles. The molecule has 1 rings (SSSR count). The first-order valence-corrected chi connectivity index (χ1v) is 4.64. The zero-order chi connectivity index (χ0) is 9.84. The Morgan fingerprint density at radius 1 is 1.31 bits per heavy atom. The fourth-order valence-corrected chi connectivity index (χ4v) is 1.44. The number of para-hydroxylation sites is 1. The highest BCUT2D eigenvalue weighted by atomic mass is 16.3. The van der Waals surface area contributed by atoms with Gasteiger partial charge in [-0.1, -0.05) is 32.0 Å².